The van der Waals surface area contributed by atoms with Crippen LogP contribution in [0.15, 0.2) is 0 Å². The van der Waals surface area contributed by atoms with Crippen molar-refractivity contribution in [2.24, 2.45) is 0 Å². The maximum atomic E-state index is 11.8. The molecular formula is C26H47NO8. The minimum absolute atomic E-state index is 0.390. The molecule has 0 aliphatic carbocycles. The van der Waals surface area contributed by atoms with Crippen molar-refractivity contribution >= 4 is 17.9 Å². The van der Waals surface area contributed by atoms with E-state index in [1.54, 1.807) is 0 Å². The van der Waals surface area contributed by atoms with E-state index in [0.717, 1.165) is 38.9 Å². The highest BCUT2D eigenvalue weighted by atomic mass is 16.7. The molecule has 1 heterocycles. The van der Waals surface area contributed by atoms with Crippen LogP contribution in [0, 0.1) is 0 Å². The molecule has 5 unspecified atom stereocenters. The smallest absolute Gasteiger partial charge is 0.303 e. The van der Waals surface area contributed by atoms with Crippen molar-refractivity contribution in [3.8, 4) is 0 Å². The van der Waals surface area contributed by atoms with E-state index in [1.807, 2.05) is 6.92 Å². The van der Waals surface area contributed by atoms with E-state index in [2.05, 4.69) is 18.7 Å². The van der Waals surface area contributed by atoms with E-state index in [0.29, 0.717) is 13.0 Å². The molecule has 1 aliphatic heterocycles. The van der Waals surface area contributed by atoms with Gasteiger partial charge in [-0.05, 0) is 38.8 Å². The molecule has 0 N–H and O–H groups in total. The first-order valence-corrected chi connectivity index (χ1v) is 13.2. The van der Waals surface area contributed by atoms with Gasteiger partial charge >= 0.3 is 17.9 Å². The zero-order valence-corrected chi connectivity index (χ0v) is 22.6. The summed E-state index contributed by atoms with van der Waals surface area (Å²) in [4.78, 5) is 37.9. The van der Waals surface area contributed by atoms with Crippen LogP contribution < -0.4 is 0 Å². The summed E-state index contributed by atoms with van der Waals surface area (Å²) in [5, 5.41) is 0. The van der Waals surface area contributed by atoms with Gasteiger partial charge in [-0.2, -0.15) is 0 Å². The summed E-state index contributed by atoms with van der Waals surface area (Å²) < 4.78 is 28.4. The SMILES string of the molecule is CCCCCCN(CCCC)CCCOC1OC(CC)C(OC(C)=O)C(OC(C)=O)C1OC(C)=O. The van der Waals surface area contributed by atoms with Gasteiger partial charge in [0, 0.05) is 27.3 Å². The van der Waals surface area contributed by atoms with E-state index < -0.39 is 48.6 Å². The fraction of sp³-hybridized carbons (Fsp3) is 0.885. The highest BCUT2D eigenvalue weighted by molar-refractivity contribution is 5.68. The van der Waals surface area contributed by atoms with Crippen molar-refractivity contribution in [1.29, 1.82) is 0 Å². The van der Waals surface area contributed by atoms with Crippen molar-refractivity contribution in [1.82, 2.24) is 4.90 Å². The molecule has 0 bridgehead atoms. The van der Waals surface area contributed by atoms with E-state index in [4.69, 9.17) is 23.7 Å². The molecule has 9 heteroatoms. The summed E-state index contributed by atoms with van der Waals surface area (Å²) in [5.41, 5.74) is 0. The predicted octanol–water partition coefficient (Wildman–Crippen LogP) is 4.01. The number of carbonyl (C=O) groups is 3. The first-order valence-electron chi connectivity index (χ1n) is 13.2. The Balaban J connectivity index is 2.84. The van der Waals surface area contributed by atoms with Crippen LogP contribution in [-0.4, -0.2) is 79.8 Å². The second kappa shape index (κ2) is 17.7. The monoisotopic (exact) mass is 501 g/mol. The largest absolute Gasteiger partial charge is 0.456 e. The summed E-state index contributed by atoms with van der Waals surface area (Å²) in [6.45, 7) is 13.5. The molecule has 1 fully saturated rings. The van der Waals surface area contributed by atoms with Gasteiger partial charge in [0.15, 0.2) is 24.6 Å². The molecule has 5 atom stereocenters. The van der Waals surface area contributed by atoms with Crippen molar-refractivity contribution in [3.05, 3.63) is 0 Å². The lowest BCUT2D eigenvalue weighted by molar-refractivity contribution is -0.304. The van der Waals surface area contributed by atoms with Crippen LogP contribution >= 0.6 is 0 Å². The number of ether oxygens (including phenoxy) is 5. The summed E-state index contributed by atoms with van der Waals surface area (Å²) in [6, 6.07) is 0. The van der Waals surface area contributed by atoms with E-state index in [1.165, 1.54) is 46.5 Å². The number of nitrogens with zero attached hydrogens (tertiary/aromatic N) is 1. The molecule has 204 valence electrons. The van der Waals surface area contributed by atoms with E-state index in [9.17, 15) is 14.4 Å². The Morgan fingerprint density at radius 2 is 1.23 bits per heavy atom. The number of esters is 3. The van der Waals surface area contributed by atoms with Crippen LogP contribution in [0.4, 0.5) is 0 Å². The third-order valence-electron chi connectivity index (χ3n) is 5.96. The lowest BCUT2D eigenvalue weighted by Gasteiger charge is -2.44. The molecule has 0 aromatic rings. The average molecular weight is 502 g/mol. The molecule has 0 saturated carbocycles. The highest BCUT2D eigenvalue weighted by Crippen LogP contribution is 2.31. The second-order valence-electron chi connectivity index (χ2n) is 9.15. The summed E-state index contributed by atoms with van der Waals surface area (Å²) in [5.74, 6) is -1.69. The Labute approximate surface area is 211 Å². The number of carbonyl (C=O) groups excluding carboxylic acids is 3. The molecule has 35 heavy (non-hydrogen) atoms. The fourth-order valence-corrected chi connectivity index (χ4v) is 4.28. The maximum absolute atomic E-state index is 11.8. The van der Waals surface area contributed by atoms with Gasteiger partial charge in [0.25, 0.3) is 0 Å². The predicted molar refractivity (Wildman–Crippen MR) is 132 cm³/mol. The average Bonchev–Trinajstić information content (AvgIpc) is 2.79. The van der Waals surface area contributed by atoms with Crippen molar-refractivity contribution in [3.63, 3.8) is 0 Å². The van der Waals surface area contributed by atoms with E-state index >= 15 is 0 Å². The van der Waals surface area contributed by atoms with Crippen LogP contribution in [0.1, 0.15) is 92.9 Å². The normalized spacial score (nSPS) is 24.3. The Bertz CT molecular complexity index is 628. The second-order valence-corrected chi connectivity index (χ2v) is 9.15. The summed E-state index contributed by atoms with van der Waals surface area (Å²) >= 11 is 0. The van der Waals surface area contributed by atoms with Crippen molar-refractivity contribution in [2.75, 3.05) is 26.2 Å². The van der Waals surface area contributed by atoms with Crippen LogP contribution in [0.2, 0.25) is 0 Å². The maximum Gasteiger partial charge on any atom is 0.303 e. The Hall–Kier alpha value is -1.71. The van der Waals surface area contributed by atoms with Crippen LogP contribution in [0.3, 0.4) is 0 Å². The minimum atomic E-state index is -1.05. The van der Waals surface area contributed by atoms with Gasteiger partial charge in [0.1, 0.15) is 6.10 Å². The molecule has 1 aliphatic rings. The zero-order chi connectivity index (χ0) is 26.2. The summed E-state index contributed by atoms with van der Waals surface area (Å²) in [7, 11) is 0. The lowest BCUT2D eigenvalue weighted by atomic mass is 9.96. The van der Waals surface area contributed by atoms with Gasteiger partial charge < -0.3 is 28.6 Å². The lowest BCUT2D eigenvalue weighted by Crippen LogP contribution is -2.61. The standard InChI is InChI=1S/C26H47NO8/c1-7-10-12-13-16-27(15-11-8-2)17-14-18-31-26-25(34-21(6)30)24(33-20(5)29)23(32-19(4)28)22(9-3)35-26/h22-26H,7-18H2,1-6H3. The van der Waals surface area contributed by atoms with Crippen molar-refractivity contribution in [2.45, 2.75) is 124 Å². The molecule has 0 aromatic heterocycles. The molecule has 9 nitrogen and oxygen atoms in total. The molecule has 0 amide bonds. The van der Waals surface area contributed by atoms with Crippen LogP contribution in [0.5, 0.6) is 0 Å². The number of rotatable bonds is 17. The Morgan fingerprint density at radius 3 is 1.80 bits per heavy atom. The third-order valence-corrected chi connectivity index (χ3v) is 5.96. The molecule has 1 rings (SSSR count). The molecular weight excluding hydrogens is 454 g/mol. The Morgan fingerprint density at radius 1 is 0.686 bits per heavy atom. The topological polar surface area (TPSA) is 101 Å². The van der Waals surface area contributed by atoms with Crippen LogP contribution in [-0.2, 0) is 38.1 Å². The Kier molecular flexibility index (Phi) is 15.8. The molecule has 0 spiro atoms. The minimum Gasteiger partial charge on any atom is -0.456 e. The fourth-order valence-electron chi connectivity index (χ4n) is 4.28. The number of hydrogen-bond acceptors (Lipinski definition) is 9. The third kappa shape index (κ3) is 12.2. The van der Waals surface area contributed by atoms with E-state index in [-0.39, 0.29) is 0 Å². The quantitative estimate of drug-likeness (QED) is 0.166. The van der Waals surface area contributed by atoms with Gasteiger partial charge in [0.2, 0.25) is 0 Å². The number of unbranched alkanes of at least 4 members (excludes halogenated alkanes) is 4. The number of hydrogen-bond donors (Lipinski definition) is 0. The highest BCUT2D eigenvalue weighted by Gasteiger charge is 2.51. The first kappa shape index (κ1) is 31.3. The molecule has 1 saturated heterocycles. The van der Waals surface area contributed by atoms with Gasteiger partial charge in [-0.15, -0.1) is 0 Å². The van der Waals surface area contributed by atoms with Crippen molar-refractivity contribution < 1.29 is 38.1 Å². The first-order chi connectivity index (χ1) is 16.7. The van der Waals surface area contributed by atoms with Gasteiger partial charge in [0.05, 0.1) is 6.61 Å². The molecule has 0 aromatic carbocycles. The van der Waals surface area contributed by atoms with Crippen LogP contribution in [0.25, 0.3) is 0 Å². The van der Waals surface area contributed by atoms with Gasteiger partial charge in [-0.1, -0.05) is 46.5 Å². The summed E-state index contributed by atoms with van der Waals surface area (Å²) in [6.07, 6.45) is 4.03. The zero-order valence-electron chi connectivity index (χ0n) is 22.6. The van der Waals surface area contributed by atoms with Gasteiger partial charge in [-0.3, -0.25) is 14.4 Å². The van der Waals surface area contributed by atoms with Gasteiger partial charge in [-0.25, -0.2) is 0 Å². The molecule has 0 radical (unpaired) electrons.